The van der Waals surface area contributed by atoms with Crippen LogP contribution in [0.2, 0.25) is 0 Å². The molecule has 8 aromatic carbocycles. The second-order valence-electron chi connectivity index (χ2n) is 12.6. The lowest BCUT2D eigenvalue weighted by Gasteiger charge is -2.26. The van der Waals surface area contributed by atoms with Crippen molar-refractivity contribution in [2.24, 2.45) is 0 Å². The highest BCUT2D eigenvalue weighted by molar-refractivity contribution is 7.25. The van der Waals surface area contributed by atoms with Crippen LogP contribution in [0.5, 0.6) is 0 Å². The molecule has 0 saturated carbocycles. The molecule has 0 bridgehead atoms. The number of fused-ring (bicyclic) bond motifs is 7. The van der Waals surface area contributed by atoms with Gasteiger partial charge in [0.1, 0.15) is 0 Å². The predicted octanol–water partition coefficient (Wildman–Crippen LogP) is 13.4. The Balaban J connectivity index is 1.22. The first-order valence-corrected chi connectivity index (χ1v) is 17.5. The maximum absolute atomic E-state index is 2.43. The van der Waals surface area contributed by atoms with Crippen LogP contribution < -0.4 is 4.90 Å². The quantitative estimate of drug-likeness (QED) is 0.181. The topological polar surface area (TPSA) is 8.17 Å². The second kappa shape index (κ2) is 11.2. The molecule has 49 heavy (non-hydrogen) atoms. The number of hydrogen-bond acceptors (Lipinski definition) is 2. The summed E-state index contributed by atoms with van der Waals surface area (Å²) in [5, 5.41) is 7.57. The van der Waals surface area contributed by atoms with Crippen molar-refractivity contribution in [2.45, 2.75) is 0 Å². The minimum Gasteiger partial charge on any atom is -0.310 e. The largest absolute Gasteiger partial charge is 0.310 e. The predicted molar refractivity (Wildman–Crippen MR) is 211 cm³/mol. The number of benzene rings is 8. The lowest BCUT2D eigenvalue weighted by molar-refractivity contribution is 1.18. The Kier molecular flexibility index (Phi) is 6.39. The molecule has 0 aliphatic rings. The summed E-state index contributed by atoms with van der Waals surface area (Å²) in [7, 11) is 0. The average Bonchev–Trinajstić information content (AvgIpc) is 3.71. The normalized spacial score (nSPS) is 11.7. The summed E-state index contributed by atoms with van der Waals surface area (Å²) in [6.07, 6.45) is 0. The summed E-state index contributed by atoms with van der Waals surface area (Å²) in [6, 6.07) is 66.2. The Bertz CT molecular complexity index is 2840. The van der Waals surface area contributed by atoms with Crippen LogP contribution in [-0.2, 0) is 0 Å². The molecule has 2 aromatic heterocycles. The molecule has 0 aliphatic carbocycles. The van der Waals surface area contributed by atoms with E-state index >= 15 is 0 Å². The Hall–Kier alpha value is -6.16. The zero-order valence-corrected chi connectivity index (χ0v) is 27.4. The van der Waals surface area contributed by atoms with Gasteiger partial charge in [0.15, 0.2) is 0 Å². The molecular formula is C46H30N2S. The van der Waals surface area contributed by atoms with E-state index in [2.05, 4.69) is 191 Å². The van der Waals surface area contributed by atoms with E-state index in [-0.39, 0.29) is 0 Å². The van der Waals surface area contributed by atoms with Gasteiger partial charge in [0.25, 0.3) is 0 Å². The molecule has 0 N–H and O–H groups in total. The van der Waals surface area contributed by atoms with Crippen LogP contribution in [0.1, 0.15) is 0 Å². The minimum absolute atomic E-state index is 1.13. The van der Waals surface area contributed by atoms with Crippen LogP contribution in [0, 0.1) is 0 Å². The fraction of sp³-hybridized carbons (Fsp3) is 0. The van der Waals surface area contributed by atoms with Gasteiger partial charge in [-0.15, -0.1) is 11.3 Å². The van der Waals surface area contributed by atoms with E-state index in [4.69, 9.17) is 0 Å². The van der Waals surface area contributed by atoms with Gasteiger partial charge < -0.3 is 9.47 Å². The molecule has 0 spiro atoms. The van der Waals surface area contributed by atoms with E-state index in [1.807, 2.05) is 11.3 Å². The molecule has 10 aromatic rings. The zero-order valence-electron chi connectivity index (χ0n) is 26.6. The first kappa shape index (κ1) is 27.9. The van der Waals surface area contributed by atoms with Crippen molar-refractivity contribution >= 4 is 81.1 Å². The third-order valence-corrected chi connectivity index (χ3v) is 10.9. The Morgan fingerprint density at radius 3 is 2.04 bits per heavy atom. The summed E-state index contributed by atoms with van der Waals surface area (Å²) in [5.74, 6) is 0. The van der Waals surface area contributed by atoms with Crippen molar-refractivity contribution in [1.29, 1.82) is 0 Å². The van der Waals surface area contributed by atoms with Crippen LogP contribution in [-0.4, -0.2) is 4.57 Å². The summed E-state index contributed by atoms with van der Waals surface area (Å²) < 4.78 is 5.05. The summed E-state index contributed by atoms with van der Waals surface area (Å²) in [6.45, 7) is 0. The van der Waals surface area contributed by atoms with Gasteiger partial charge in [-0.1, -0.05) is 115 Å². The van der Waals surface area contributed by atoms with E-state index in [9.17, 15) is 0 Å². The van der Waals surface area contributed by atoms with Gasteiger partial charge in [0, 0.05) is 48.0 Å². The molecular weight excluding hydrogens is 613 g/mol. The van der Waals surface area contributed by atoms with E-state index < -0.39 is 0 Å². The second-order valence-corrected chi connectivity index (χ2v) is 13.6. The van der Waals surface area contributed by atoms with Gasteiger partial charge in [0.2, 0.25) is 0 Å². The average molecular weight is 643 g/mol. The van der Waals surface area contributed by atoms with E-state index in [0.29, 0.717) is 0 Å². The molecule has 0 fully saturated rings. The maximum Gasteiger partial charge on any atom is 0.0562 e. The van der Waals surface area contributed by atoms with Crippen molar-refractivity contribution in [3.8, 4) is 16.8 Å². The van der Waals surface area contributed by atoms with Crippen molar-refractivity contribution < 1.29 is 0 Å². The van der Waals surface area contributed by atoms with Crippen molar-refractivity contribution in [2.75, 3.05) is 4.90 Å². The number of para-hydroxylation sites is 2. The first-order valence-electron chi connectivity index (χ1n) is 16.7. The molecule has 0 amide bonds. The molecule has 10 rings (SSSR count). The third-order valence-electron chi connectivity index (χ3n) is 9.75. The number of hydrogen-bond donors (Lipinski definition) is 0. The lowest BCUT2D eigenvalue weighted by Crippen LogP contribution is -2.10. The van der Waals surface area contributed by atoms with Crippen molar-refractivity contribution in [3.63, 3.8) is 0 Å². The van der Waals surface area contributed by atoms with Gasteiger partial charge in [0.05, 0.1) is 16.7 Å². The van der Waals surface area contributed by atoms with Gasteiger partial charge in [-0.05, 0) is 88.6 Å². The Labute approximate surface area is 288 Å². The van der Waals surface area contributed by atoms with Gasteiger partial charge >= 0.3 is 0 Å². The van der Waals surface area contributed by atoms with Crippen LogP contribution >= 0.6 is 11.3 Å². The van der Waals surface area contributed by atoms with E-state index in [1.54, 1.807) is 0 Å². The zero-order chi connectivity index (χ0) is 32.3. The number of rotatable bonds is 5. The molecule has 0 unspecified atom stereocenters. The minimum atomic E-state index is 1.13. The highest BCUT2D eigenvalue weighted by atomic mass is 32.1. The van der Waals surface area contributed by atoms with Gasteiger partial charge in [-0.25, -0.2) is 0 Å². The molecule has 2 heterocycles. The molecule has 0 radical (unpaired) electrons. The number of thiophene rings is 1. The van der Waals surface area contributed by atoms with Crippen LogP contribution in [0.25, 0.3) is 69.6 Å². The fourth-order valence-electron chi connectivity index (χ4n) is 7.61. The Morgan fingerprint density at radius 1 is 0.429 bits per heavy atom. The molecule has 0 saturated heterocycles. The lowest BCUT2D eigenvalue weighted by atomic mass is 9.98. The Morgan fingerprint density at radius 2 is 1.12 bits per heavy atom. The van der Waals surface area contributed by atoms with Crippen molar-refractivity contribution in [3.05, 3.63) is 182 Å². The van der Waals surface area contributed by atoms with Gasteiger partial charge in [-0.2, -0.15) is 0 Å². The maximum atomic E-state index is 2.43. The fourth-order valence-corrected chi connectivity index (χ4v) is 8.70. The van der Waals surface area contributed by atoms with Crippen LogP contribution in [0.4, 0.5) is 17.1 Å². The number of aromatic nitrogens is 1. The summed E-state index contributed by atoms with van der Waals surface area (Å²) in [5.41, 5.74) is 9.39. The number of nitrogens with zero attached hydrogens (tertiary/aromatic N) is 2. The van der Waals surface area contributed by atoms with Gasteiger partial charge in [-0.3, -0.25) is 0 Å². The molecule has 2 nitrogen and oxygen atoms in total. The molecule has 3 heteroatoms. The first-order chi connectivity index (χ1) is 24.3. The van der Waals surface area contributed by atoms with E-state index in [0.717, 1.165) is 22.7 Å². The van der Waals surface area contributed by atoms with Crippen molar-refractivity contribution in [1.82, 2.24) is 4.57 Å². The van der Waals surface area contributed by atoms with Crippen LogP contribution in [0.15, 0.2) is 182 Å². The third kappa shape index (κ3) is 4.47. The monoisotopic (exact) mass is 642 g/mol. The molecule has 0 atom stereocenters. The number of anilines is 3. The smallest absolute Gasteiger partial charge is 0.0562 e. The summed E-state index contributed by atoms with van der Waals surface area (Å²) in [4.78, 5) is 2.43. The summed E-state index contributed by atoms with van der Waals surface area (Å²) >= 11 is 1.86. The SMILES string of the molecule is c1ccc(N(c2ccc3sc4ccccc4c3c2)c2cccc3c2c2ccccc2n3-c2cccc(-c3cccc4ccccc34)c2)cc1. The van der Waals surface area contributed by atoms with Crippen LogP contribution in [0.3, 0.4) is 0 Å². The standard InChI is InChI=1S/C46H30N2S/c1-2-16-33(17-3-1)47(35-27-28-45-40(30-35)38-20-7-9-26-44(38)49-45)42-24-12-25-43-46(42)39-21-6-8-23-41(39)48(43)34-18-10-15-32(29-34)37-22-11-14-31-13-4-5-19-36(31)37/h1-30H. The van der Waals surface area contributed by atoms with E-state index in [1.165, 1.54) is 63.9 Å². The highest BCUT2D eigenvalue weighted by Crippen LogP contribution is 2.45. The molecule has 0 aliphatic heterocycles. The highest BCUT2D eigenvalue weighted by Gasteiger charge is 2.21. The molecule has 230 valence electrons.